The van der Waals surface area contributed by atoms with Gasteiger partial charge < -0.3 is 10.8 Å². The van der Waals surface area contributed by atoms with Gasteiger partial charge in [-0.25, -0.2) is 0 Å². The number of aromatic nitrogens is 1. The van der Waals surface area contributed by atoms with E-state index >= 15 is 0 Å². The molecule has 0 amide bonds. The van der Waals surface area contributed by atoms with Gasteiger partial charge in [0.25, 0.3) is 0 Å². The number of pyridine rings is 1. The van der Waals surface area contributed by atoms with Crippen molar-refractivity contribution < 1.29 is 5.11 Å². The van der Waals surface area contributed by atoms with E-state index in [4.69, 9.17) is 5.73 Å². The van der Waals surface area contributed by atoms with Crippen molar-refractivity contribution >= 4 is 0 Å². The molecular formula is C16H20N2O. The molecule has 2 rings (SSSR count). The van der Waals surface area contributed by atoms with E-state index in [1.807, 2.05) is 38.1 Å². The second-order valence-electron chi connectivity index (χ2n) is 4.99. The maximum absolute atomic E-state index is 10.6. The first-order valence-corrected chi connectivity index (χ1v) is 6.48. The molecule has 0 aliphatic rings. The number of hydrogen-bond acceptors (Lipinski definition) is 3. The predicted octanol–water partition coefficient (Wildman–Crippen LogP) is 2.47. The third-order valence-corrected chi connectivity index (χ3v) is 3.33. The highest BCUT2D eigenvalue weighted by molar-refractivity contribution is 5.32. The van der Waals surface area contributed by atoms with E-state index in [-0.39, 0.29) is 5.92 Å². The average molecular weight is 256 g/mol. The van der Waals surface area contributed by atoms with E-state index in [1.165, 1.54) is 0 Å². The zero-order valence-electron chi connectivity index (χ0n) is 11.4. The van der Waals surface area contributed by atoms with Gasteiger partial charge in [-0.3, -0.25) is 4.98 Å². The number of nitrogens with two attached hydrogens (primary N) is 1. The van der Waals surface area contributed by atoms with Crippen LogP contribution in [0.2, 0.25) is 0 Å². The Labute approximate surface area is 114 Å². The average Bonchev–Trinajstić information content (AvgIpc) is 2.39. The van der Waals surface area contributed by atoms with Crippen molar-refractivity contribution in [2.75, 3.05) is 6.54 Å². The van der Waals surface area contributed by atoms with Gasteiger partial charge in [0, 0.05) is 24.9 Å². The van der Waals surface area contributed by atoms with Crippen LogP contribution in [0.15, 0.2) is 42.7 Å². The fraction of sp³-hybridized carbons (Fsp3) is 0.312. The number of aliphatic hydroxyl groups is 1. The summed E-state index contributed by atoms with van der Waals surface area (Å²) in [6.45, 7) is 4.45. The number of benzene rings is 1. The molecule has 0 fully saturated rings. The smallest absolute Gasteiger partial charge is 0.0871 e. The summed E-state index contributed by atoms with van der Waals surface area (Å²) in [4.78, 5) is 4.10. The van der Waals surface area contributed by atoms with Crippen molar-refractivity contribution in [3.8, 4) is 0 Å². The first kappa shape index (κ1) is 13.7. The van der Waals surface area contributed by atoms with Crippen LogP contribution in [0.4, 0.5) is 0 Å². The molecule has 2 aromatic rings. The van der Waals surface area contributed by atoms with Gasteiger partial charge in [0.05, 0.1) is 6.10 Å². The summed E-state index contributed by atoms with van der Waals surface area (Å²) >= 11 is 0. The van der Waals surface area contributed by atoms with Gasteiger partial charge in [-0.15, -0.1) is 0 Å². The molecule has 0 saturated heterocycles. The Morgan fingerprint density at radius 1 is 1.16 bits per heavy atom. The summed E-state index contributed by atoms with van der Waals surface area (Å²) in [5.74, 6) is -0.130. The summed E-state index contributed by atoms with van der Waals surface area (Å²) in [6.07, 6.45) is 2.89. The Hall–Kier alpha value is -1.71. The number of aryl methyl sites for hydroxylation is 2. The van der Waals surface area contributed by atoms with E-state index in [1.54, 1.807) is 12.4 Å². The van der Waals surface area contributed by atoms with Crippen LogP contribution >= 0.6 is 0 Å². The quantitative estimate of drug-likeness (QED) is 0.883. The molecule has 100 valence electrons. The lowest BCUT2D eigenvalue weighted by molar-refractivity contribution is 0.147. The Morgan fingerprint density at radius 2 is 1.84 bits per heavy atom. The maximum Gasteiger partial charge on any atom is 0.0871 e. The van der Waals surface area contributed by atoms with E-state index in [0.29, 0.717) is 6.54 Å². The van der Waals surface area contributed by atoms with Crippen LogP contribution in [0.3, 0.4) is 0 Å². The fourth-order valence-electron chi connectivity index (χ4n) is 2.46. The lowest BCUT2D eigenvalue weighted by Crippen LogP contribution is -2.20. The summed E-state index contributed by atoms with van der Waals surface area (Å²) in [5, 5.41) is 10.6. The third-order valence-electron chi connectivity index (χ3n) is 3.33. The van der Waals surface area contributed by atoms with Crippen molar-refractivity contribution in [3.63, 3.8) is 0 Å². The van der Waals surface area contributed by atoms with E-state index < -0.39 is 6.10 Å². The summed E-state index contributed by atoms with van der Waals surface area (Å²) < 4.78 is 0. The van der Waals surface area contributed by atoms with E-state index in [2.05, 4.69) is 11.1 Å². The minimum atomic E-state index is -0.604. The molecule has 3 N–H and O–H groups in total. The van der Waals surface area contributed by atoms with Gasteiger partial charge in [0.1, 0.15) is 0 Å². The lowest BCUT2D eigenvalue weighted by atomic mass is 9.89. The molecule has 0 aliphatic carbocycles. The molecule has 0 aliphatic heterocycles. The first-order chi connectivity index (χ1) is 9.11. The van der Waals surface area contributed by atoms with Crippen molar-refractivity contribution in [1.29, 1.82) is 0 Å². The number of nitrogens with zero attached hydrogens (tertiary/aromatic N) is 1. The lowest BCUT2D eigenvalue weighted by Gasteiger charge is -2.22. The first-order valence-electron chi connectivity index (χ1n) is 6.48. The van der Waals surface area contributed by atoms with Gasteiger partial charge in [0.15, 0.2) is 0 Å². The molecule has 0 bridgehead atoms. The van der Waals surface area contributed by atoms with E-state index in [0.717, 1.165) is 22.3 Å². The standard InChI is InChI=1S/C16H20N2O/c1-11-6-12(2)8-14(7-11)16(19)15(9-17)13-4-3-5-18-10-13/h3-8,10,15-16,19H,9,17H2,1-2H3. The van der Waals surface area contributed by atoms with Crippen molar-refractivity contribution in [2.24, 2.45) is 5.73 Å². The van der Waals surface area contributed by atoms with Gasteiger partial charge in [-0.2, -0.15) is 0 Å². The summed E-state index contributed by atoms with van der Waals surface area (Å²) in [6, 6.07) is 9.94. The van der Waals surface area contributed by atoms with Crippen molar-refractivity contribution in [3.05, 3.63) is 65.0 Å². The predicted molar refractivity (Wildman–Crippen MR) is 76.9 cm³/mol. The maximum atomic E-state index is 10.6. The minimum Gasteiger partial charge on any atom is -0.388 e. The number of rotatable bonds is 4. The molecule has 0 radical (unpaired) electrons. The molecule has 2 atom stereocenters. The molecule has 2 unspecified atom stereocenters. The highest BCUT2D eigenvalue weighted by Crippen LogP contribution is 2.30. The molecule has 0 saturated carbocycles. The van der Waals surface area contributed by atoms with E-state index in [9.17, 15) is 5.11 Å². The molecule has 0 spiro atoms. The van der Waals surface area contributed by atoms with Gasteiger partial charge in [-0.1, -0.05) is 35.4 Å². The monoisotopic (exact) mass is 256 g/mol. The Morgan fingerprint density at radius 3 is 2.37 bits per heavy atom. The summed E-state index contributed by atoms with van der Waals surface area (Å²) in [7, 11) is 0. The van der Waals surface area contributed by atoms with Crippen molar-refractivity contribution in [1.82, 2.24) is 4.98 Å². The molecule has 1 aromatic heterocycles. The molecule has 1 aromatic carbocycles. The van der Waals surface area contributed by atoms with Crippen LogP contribution in [-0.2, 0) is 0 Å². The van der Waals surface area contributed by atoms with Crippen molar-refractivity contribution in [2.45, 2.75) is 25.9 Å². The van der Waals surface area contributed by atoms with Gasteiger partial charge >= 0.3 is 0 Å². The SMILES string of the molecule is Cc1cc(C)cc(C(O)C(CN)c2cccnc2)c1. The zero-order chi connectivity index (χ0) is 13.8. The van der Waals surface area contributed by atoms with Crippen LogP contribution in [-0.4, -0.2) is 16.6 Å². The van der Waals surface area contributed by atoms with Gasteiger partial charge in [0.2, 0.25) is 0 Å². The van der Waals surface area contributed by atoms with Crippen LogP contribution < -0.4 is 5.73 Å². The number of aliphatic hydroxyl groups excluding tert-OH is 1. The molecule has 1 heterocycles. The van der Waals surface area contributed by atoms with Crippen LogP contribution in [0.25, 0.3) is 0 Å². The Bertz CT molecular complexity index is 519. The molecule has 19 heavy (non-hydrogen) atoms. The van der Waals surface area contributed by atoms with Gasteiger partial charge in [-0.05, 0) is 31.0 Å². The molecular weight excluding hydrogens is 236 g/mol. The Balaban J connectivity index is 2.33. The van der Waals surface area contributed by atoms with Crippen LogP contribution in [0.1, 0.15) is 34.3 Å². The third kappa shape index (κ3) is 3.19. The second kappa shape index (κ2) is 5.95. The zero-order valence-corrected chi connectivity index (χ0v) is 11.4. The topological polar surface area (TPSA) is 59.1 Å². The molecule has 3 heteroatoms. The normalized spacial score (nSPS) is 14.1. The fourth-order valence-corrected chi connectivity index (χ4v) is 2.46. The molecule has 3 nitrogen and oxygen atoms in total. The highest BCUT2D eigenvalue weighted by Gasteiger charge is 2.21. The minimum absolute atomic E-state index is 0.130. The van der Waals surface area contributed by atoms with Crippen LogP contribution in [0, 0.1) is 13.8 Å². The highest BCUT2D eigenvalue weighted by atomic mass is 16.3. The largest absolute Gasteiger partial charge is 0.388 e. The number of hydrogen-bond donors (Lipinski definition) is 2. The Kier molecular flexibility index (Phi) is 4.30. The second-order valence-corrected chi connectivity index (χ2v) is 4.99. The summed E-state index contributed by atoms with van der Waals surface area (Å²) in [5.41, 5.74) is 10.0. The van der Waals surface area contributed by atoms with Crippen LogP contribution in [0.5, 0.6) is 0 Å².